The third kappa shape index (κ3) is 3.51. The molecule has 0 amide bonds. The lowest BCUT2D eigenvalue weighted by Gasteiger charge is -2.62. The fraction of sp³-hybridized carbons (Fsp3) is 0.926. The summed E-state index contributed by atoms with van der Waals surface area (Å²) < 4.78 is 0. The molecule has 3 nitrogen and oxygen atoms in total. The maximum absolute atomic E-state index is 12.2. The van der Waals surface area contributed by atoms with E-state index in [1.54, 1.807) is 0 Å². The molecule has 3 heteroatoms. The maximum Gasteiger partial charge on any atom is 0.135 e. The summed E-state index contributed by atoms with van der Waals surface area (Å²) in [4.78, 5) is 24.3. The number of carbonyl (C=O) groups excluding carboxylic acids is 2. The summed E-state index contributed by atoms with van der Waals surface area (Å²) in [6.45, 7) is 11.4. The zero-order chi connectivity index (χ0) is 21.8. The molecule has 0 saturated heterocycles. The molecule has 0 spiro atoms. The minimum Gasteiger partial charge on any atom is -0.393 e. The number of ketones is 2. The van der Waals surface area contributed by atoms with Crippen molar-refractivity contribution in [1.82, 2.24) is 0 Å². The van der Waals surface area contributed by atoms with Crippen molar-refractivity contribution in [2.45, 2.75) is 105 Å². The molecule has 1 N–H and O–H groups in total. The first kappa shape index (κ1) is 22.5. The molecule has 4 saturated carbocycles. The van der Waals surface area contributed by atoms with Crippen molar-refractivity contribution in [3.05, 3.63) is 0 Å². The van der Waals surface area contributed by atoms with Gasteiger partial charge in [0.1, 0.15) is 11.6 Å². The Morgan fingerprint density at radius 3 is 2.47 bits per heavy atom. The zero-order valence-electron chi connectivity index (χ0n) is 20.0. The molecule has 4 aliphatic carbocycles. The van der Waals surface area contributed by atoms with Crippen LogP contribution >= 0.6 is 0 Å². The second kappa shape index (κ2) is 8.01. The Balaban J connectivity index is 1.51. The number of fused-ring (bicyclic) bond motifs is 5. The highest BCUT2D eigenvalue weighted by atomic mass is 16.3. The molecule has 2 unspecified atom stereocenters. The lowest BCUT2D eigenvalue weighted by molar-refractivity contribution is -0.168. The highest BCUT2D eigenvalue weighted by molar-refractivity contribution is 5.80. The third-order valence-electron chi connectivity index (χ3n) is 10.7. The Hall–Kier alpha value is -0.700. The van der Waals surface area contributed by atoms with Gasteiger partial charge in [-0.1, -0.05) is 34.6 Å². The van der Waals surface area contributed by atoms with Gasteiger partial charge in [0.05, 0.1) is 6.10 Å². The van der Waals surface area contributed by atoms with E-state index in [9.17, 15) is 14.7 Å². The quantitative estimate of drug-likeness (QED) is 0.614. The minimum atomic E-state index is -0.236. The summed E-state index contributed by atoms with van der Waals surface area (Å²) in [7, 11) is 0. The lowest BCUT2D eigenvalue weighted by Crippen LogP contribution is -2.58. The van der Waals surface area contributed by atoms with Gasteiger partial charge >= 0.3 is 0 Å². The normalized spacial score (nSPS) is 46.8. The van der Waals surface area contributed by atoms with Gasteiger partial charge in [0, 0.05) is 25.2 Å². The standard InChI is InChI=1S/C27H44O3/c1-16(2)23(29)9-6-17(3)20-7-8-21-25-22(11-13-27(20,21)5)26(4)12-10-19(28)14-18(26)15-24(25)30/h16-18,20-22,24-25,30H,6-15H2,1-5H3/t17-,18+,20?,21+,22+,24?,25+,26+,27-/m1/s1. The van der Waals surface area contributed by atoms with E-state index in [1.807, 2.05) is 13.8 Å². The van der Waals surface area contributed by atoms with E-state index in [4.69, 9.17) is 0 Å². The summed E-state index contributed by atoms with van der Waals surface area (Å²) in [5, 5.41) is 11.3. The van der Waals surface area contributed by atoms with E-state index in [2.05, 4.69) is 20.8 Å². The summed E-state index contributed by atoms with van der Waals surface area (Å²) in [6, 6.07) is 0. The van der Waals surface area contributed by atoms with Gasteiger partial charge in [0.2, 0.25) is 0 Å². The van der Waals surface area contributed by atoms with Crippen LogP contribution in [0.2, 0.25) is 0 Å². The van der Waals surface area contributed by atoms with Crippen LogP contribution in [0.5, 0.6) is 0 Å². The number of carbonyl (C=O) groups is 2. The van der Waals surface area contributed by atoms with Crippen LogP contribution in [0.1, 0.15) is 98.8 Å². The van der Waals surface area contributed by atoms with Crippen LogP contribution in [-0.2, 0) is 9.59 Å². The lowest BCUT2D eigenvalue weighted by atomic mass is 9.44. The molecule has 9 atom stereocenters. The molecular formula is C27H44O3. The van der Waals surface area contributed by atoms with Crippen LogP contribution in [0, 0.1) is 52.3 Å². The van der Waals surface area contributed by atoms with Crippen LogP contribution in [0.4, 0.5) is 0 Å². The van der Waals surface area contributed by atoms with Crippen molar-refractivity contribution in [2.75, 3.05) is 0 Å². The van der Waals surface area contributed by atoms with Gasteiger partial charge < -0.3 is 5.11 Å². The number of aliphatic hydroxyl groups is 1. The summed E-state index contributed by atoms with van der Waals surface area (Å²) >= 11 is 0. The molecule has 170 valence electrons. The molecule has 0 bridgehead atoms. The van der Waals surface area contributed by atoms with Crippen LogP contribution < -0.4 is 0 Å². The minimum absolute atomic E-state index is 0.146. The number of hydrogen-bond donors (Lipinski definition) is 1. The largest absolute Gasteiger partial charge is 0.393 e. The van der Waals surface area contributed by atoms with Gasteiger partial charge in [0.25, 0.3) is 0 Å². The van der Waals surface area contributed by atoms with E-state index >= 15 is 0 Å². The van der Waals surface area contributed by atoms with Crippen molar-refractivity contribution in [1.29, 1.82) is 0 Å². The molecule has 0 heterocycles. The van der Waals surface area contributed by atoms with Crippen LogP contribution in [0.3, 0.4) is 0 Å². The Bertz CT molecular complexity index is 684. The Kier molecular flexibility index (Phi) is 6.01. The van der Waals surface area contributed by atoms with Gasteiger partial charge in [-0.05, 0) is 91.3 Å². The molecule has 4 fully saturated rings. The van der Waals surface area contributed by atoms with Gasteiger partial charge in [-0.3, -0.25) is 9.59 Å². The summed E-state index contributed by atoms with van der Waals surface area (Å²) in [6.07, 6.45) is 9.78. The summed E-state index contributed by atoms with van der Waals surface area (Å²) in [5.41, 5.74) is 0.544. The predicted molar refractivity (Wildman–Crippen MR) is 120 cm³/mol. The zero-order valence-corrected chi connectivity index (χ0v) is 20.0. The molecule has 4 rings (SSSR count). The monoisotopic (exact) mass is 416 g/mol. The van der Waals surface area contributed by atoms with Gasteiger partial charge in [-0.2, -0.15) is 0 Å². The highest BCUT2D eigenvalue weighted by Crippen LogP contribution is 2.68. The number of Topliss-reactive ketones (excluding diaryl/α,β-unsaturated/α-hetero) is 2. The average Bonchev–Trinajstić information content (AvgIpc) is 3.04. The second-order valence-electron chi connectivity index (χ2n) is 12.4. The molecule has 0 aliphatic heterocycles. The molecule has 0 aromatic carbocycles. The SMILES string of the molecule is CC(C)C(=O)CC[C@@H](C)C1CC[C@H]2[C@@H]3C(O)C[C@@H]4CC(=O)CC[C@]4(C)[C@H]3CC[C@]12C. The first-order valence-electron chi connectivity index (χ1n) is 12.8. The Labute approximate surface area is 183 Å². The number of aliphatic hydroxyl groups excluding tert-OH is 1. The van der Waals surface area contributed by atoms with Crippen molar-refractivity contribution in [2.24, 2.45) is 52.3 Å². The Morgan fingerprint density at radius 2 is 1.77 bits per heavy atom. The first-order valence-corrected chi connectivity index (χ1v) is 12.8. The fourth-order valence-electron chi connectivity index (χ4n) is 8.85. The van der Waals surface area contributed by atoms with E-state index in [-0.39, 0.29) is 17.4 Å². The molecule has 4 aliphatic rings. The van der Waals surface area contributed by atoms with Crippen molar-refractivity contribution in [3.8, 4) is 0 Å². The highest BCUT2D eigenvalue weighted by Gasteiger charge is 2.62. The summed E-state index contributed by atoms with van der Waals surface area (Å²) in [5.74, 6) is 4.19. The van der Waals surface area contributed by atoms with E-state index in [0.29, 0.717) is 58.9 Å². The van der Waals surface area contributed by atoms with Crippen molar-refractivity contribution in [3.63, 3.8) is 0 Å². The molecule has 30 heavy (non-hydrogen) atoms. The van der Waals surface area contributed by atoms with Crippen LogP contribution in [0.25, 0.3) is 0 Å². The Morgan fingerprint density at radius 1 is 1.07 bits per heavy atom. The average molecular weight is 417 g/mol. The van der Waals surface area contributed by atoms with E-state index in [1.165, 1.54) is 25.7 Å². The van der Waals surface area contributed by atoms with Gasteiger partial charge in [0.15, 0.2) is 0 Å². The second-order valence-corrected chi connectivity index (χ2v) is 12.4. The maximum atomic E-state index is 12.2. The van der Waals surface area contributed by atoms with Crippen LogP contribution in [0.15, 0.2) is 0 Å². The van der Waals surface area contributed by atoms with Crippen LogP contribution in [-0.4, -0.2) is 22.8 Å². The molecule has 0 radical (unpaired) electrons. The predicted octanol–water partition coefficient (Wildman–Crippen LogP) is 5.83. The molecular weight excluding hydrogens is 372 g/mol. The van der Waals surface area contributed by atoms with Gasteiger partial charge in [-0.25, -0.2) is 0 Å². The third-order valence-corrected chi connectivity index (χ3v) is 10.7. The van der Waals surface area contributed by atoms with E-state index in [0.717, 1.165) is 32.1 Å². The van der Waals surface area contributed by atoms with Crippen molar-refractivity contribution < 1.29 is 14.7 Å². The van der Waals surface area contributed by atoms with E-state index < -0.39 is 0 Å². The fourth-order valence-corrected chi connectivity index (χ4v) is 8.85. The first-order chi connectivity index (χ1) is 14.1. The molecule has 0 aromatic rings. The molecule has 0 aromatic heterocycles. The van der Waals surface area contributed by atoms with Crippen molar-refractivity contribution >= 4 is 11.6 Å². The van der Waals surface area contributed by atoms with Gasteiger partial charge in [-0.15, -0.1) is 0 Å². The smallest absolute Gasteiger partial charge is 0.135 e. The number of hydrogen-bond acceptors (Lipinski definition) is 3. The topological polar surface area (TPSA) is 54.4 Å². The number of rotatable bonds is 5.